The monoisotopic (exact) mass is 419 g/mol. The fraction of sp³-hybridized carbons (Fsp3) is 0.440. The van der Waals surface area contributed by atoms with Crippen molar-refractivity contribution in [1.29, 1.82) is 0 Å². The van der Waals surface area contributed by atoms with Crippen LogP contribution in [0.25, 0.3) is 0 Å². The summed E-state index contributed by atoms with van der Waals surface area (Å²) >= 11 is 0. The second kappa shape index (κ2) is 8.81. The summed E-state index contributed by atoms with van der Waals surface area (Å²) in [6, 6.07) is 16.1. The normalized spacial score (nSPS) is 25.4. The second-order valence-corrected chi connectivity index (χ2v) is 8.85. The number of rotatable bonds is 5. The first-order chi connectivity index (χ1) is 15.2. The summed E-state index contributed by atoms with van der Waals surface area (Å²) in [5, 5.41) is 9.91. The van der Waals surface area contributed by atoms with E-state index in [2.05, 4.69) is 40.2 Å². The van der Waals surface area contributed by atoms with Gasteiger partial charge in [-0.25, -0.2) is 0 Å². The quantitative estimate of drug-likeness (QED) is 0.696. The number of para-hydroxylation sites is 1. The molecule has 2 aromatic carbocycles. The maximum Gasteiger partial charge on any atom is 0.228 e. The Bertz CT molecular complexity index is 970. The predicted molar refractivity (Wildman–Crippen MR) is 119 cm³/mol. The molecule has 6 heteroatoms. The van der Waals surface area contributed by atoms with E-state index in [4.69, 9.17) is 4.74 Å². The van der Waals surface area contributed by atoms with Crippen LogP contribution in [0.4, 0.5) is 5.69 Å². The maximum atomic E-state index is 13.3. The molecule has 2 aromatic rings. The predicted octanol–water partition coefficient (Wildman–Crippen LogP) is 2.91. The molecule has 0 radical (unpaired) electrons. The molecule has 1 saturated heterocycles. The molecule has 0 aromatic heterocycles. The van der Waals surface area contributed by atoms with Crippen molar-refractivity contribution in [2.45, 2.75) is 43.7 Å². The van der Waals surface area contributed by atoms with E-state index < -0.39 is 5.92 Å². The van der Waals surface area contributed by atoms with Crippen LogP contribution in [0.2, 0.25) is 0 Å². The molecule has 2 amide bonds. The fourth-order valence-corrected chi connectivity index (χ4v) is 5.15. The molecule has 162 valence electrons. The fourth-order valence-electron chi connectivity index (χ4n) is 5.15. The molecular weight excluding hydrogens is 390 g/mol. The number of hydrogen-bond acceptors (Lipinski definition) is 4. The van der Waals surface area contributed by atoms with Gasteiger partial charge in [0.05, 0.1) is 18.0 Å². The van der Waals surface area contributed by atoms with Crippen LogP contribution in [0.15, 0.2) is 48.5 Å². The van der Waals surface area contributed by atoms with E-state index in [0.29, 0.717) is 5.92 Å². The highest BCUT2D eigenvalue weighted by molar-refractivity contribution is 6.01. The van der Waals surface area contributed by atoms with Gasteiger partial charge in [0.2, 0.25) is 11.8 Å². The van der Waals surface area contributed by atoms with Crippen molar-refractivity contribution in [3.63, 3.8) is 0 Å². The van der Waals surface area contributed by atoms with E-state index in [9.17, 15) is 9.59 Å². The van der Waals surface area contributed by atoms with Crippen LogP contribution >= 0.6 is 0 Å². The molecular formula is C25H29N3O3. The van der Waals surface area contributed by atoms with E-state index in [0.717, 1.165) is 50.3 Å². The number of hydrogen-bond donors (Lipinski definition) is 3. The number of carbonyl (C=O) groups excluding carboxylic acids is 2. The van der Waals surface area contributed by atoms with Crippen molar-refractivity contribution in [2.24, 2.45) is 5.92 Å². The molecule has 0 spiro atoms. The molecule has 0 saturated carbocycles. The Hall–Kier alpha value is -2.70. The number of amides is 2. The first kappa shape index (κ1) is 20.2. The lowest BCUT2D eigenvalue weighted by molar-refractivity contribution is -0.127. The van der Waals surface area contributed by atoms with E-state index >= 15 is 0 Å². The Morgan fingerprint density at radius 1 is 1.00 bits per heavy atom. The van der Waals surface area contributed by atoms with Gasteiger partial charge in [-0.05, 0) is 54.5 Å². The van der Waals surface area contributed by atoms with Crippen LogP contribution in [-0.4, -0.2) is 37.6 Å². The molecule has 2 heterocycles. The van der Waals surface area contributed by atoms with Gasteiger partial charge in [0, 0.05) is 25.3 Å². The number of benzene rings is 2. The minimum absolute atomic E-state index is 0.0260. The summed E-state index contributed by atoms with van der Waals surface area (Å²) in [7, 11) is 0. The number of fused-ring (bicyclic) bond motifs is 2. The zero-order valence-electron chi connectivity index (χ0n) is 17.6. The summed E-state index contributed by atoms with van der Waals surface area (Å²) in [5.74, 6) is -0.0303. The lowest BCUT2D eigenvalue weighted by Gasteiger charge is -2.30. The Balaban J connectivity index is 1.32. The van der Waals surface area contributed by atoms with E-state index in [1.54, 1.807) is 0 Å². The summed E-state index contributed by atoms with van der Waals surface area (Å²) in [5.41, 5.74) is 4.17. The van der Waals surface area contributed by atoms with Gasteiger partial charge < -0.3 is 20.7 Å². The summed E-state index contributed by atoms with van der Waals surface area (Å²) < 4.78 is 5.49. The van der Waals surface area contributed by atoms with Crippen LogP contribution in [0.1, 0.15) is 47.9 Å². The maximum absolute atomic E-state index is 13.3. The molecule has 1 aliphatic carbocycles. The number of anilines is 1. The van der Waals surface area contributed by atoms with E-state index in [1.807, 2.05) is 24.3 Å². The van der Waals surface area contributed by atoms with E-state index in [-0.39, 0.29) is 30.3 Å². The third-order valence-corrected chi connectivity index (χ3v) is 6.84. The number of nitrogens with one attached hydrogen (secondary N) is 3. The van der Waals surface area contributed by atoms with Crippen LogP contribution in [0, 0.1) is 5.92 Å². The Labute approximate surface area is 182 Å². The van der Waals surface area contributed by atoms with Gasteiger partial charge in [0.15, 0.2) is 0 Å². The average Bonchev–Trinajstić information content (AvgIpc) is 3.14. The smallest absolute Gasteiger partial charge is 0.228 e. The summed E-state index contributed by atoms with van der Waals surface area (Å²) in [6.07, 6.45) is 3.13. The van der Waals surface area contributed by atoms with Gasteiger partial charge in [-0.1, -0.05) is 42.5 Å². The lowest BCUT2D eigenvalue weighted by atomic mass is 9.89. The summed E-state index contributed by atoms with van der Waals surface area (Å²) in [4.78, 5) is 25.5. The van der Waals surface area contributed by atoms with Crippen molar-refractivity contribution in [3.8, 4) is 0 Å². The molecule has 6 nitrogen and oxygen atoms in total. The molecule has 3 aliphatic rings. The highest BCUT2D eigenvalue weighted by atomic mass is 16.5. The van der Waals surface area contributed by atoms with Gasteiger partial charge in [0.1, 0.15) is 0 Å². The topological polar surface area (TPSA) is 79.5 Å². The first-order valence-electron chi connectivity index (χ1n) is 11.3. The van der Waals surface area contributed by atoms with Gasteiger partial charge in [-0.15, -0.1) is 0 Å². The molecule has 3 atom stereocenters. The number of carbonyl (C=O) groups is 2. The molecule has 1 fully saturated rings. The zero-order valence-corrected chi connectivity index (χ0v) is 17.6. The molecule has 1 unspecified atom stereocenters. The van der Waals surface area contributed by atoms with Crippen molar-refractivity contribution >= 4 is 17.5 Å². The largest absolute Gasteiger partial charge is 0.381 e. The molecule has 3 N–H and O–H groups in total. The Kier molecular flexibility index (Phi) is 5.74. The van der Waals surface area contributed by atoms with Crippen LogP contribution < -0.4 is 16.0 Å². The minimum atomic E-state index is -0.454. The molecule has 5 rings (SSSR count). The van der Waals surface area contributed by atoms with Crippen molar-refractivity contribution in [1.82, 2.24) is 10.6 Å². The molecule has 0 bridgehead atoms. The standard InChI is InChI=1S/C25H29N3O3/c29-23-14-20(19-7-3-4-8-21(19)27-23)25(30)28-22-13-17-5-1-2-6-18(17)24(22)26-15-16-9-11-31-12-10-16/h1-8,16,20,22,24,26H,9-15H2,(H,27,29)(H,28,30)/t20?,22-,24-/m0/s1. The average molecular weight is 420 g/mol. The zero-order chi connectivity index (χ0) is 21.2. The first-order valence-corrected chi connectivity index (χ1v) is 11.3. The van der Waals surface area contributed by atoms with Crippen LogP contribution in [0.3, 0.4) is 0 Å². The SMILES string of the molecule is O=C1CC(C(=O)N[C@H]2Cc3ccccc3[C@@H]2NCC2CCOCC2)c2ccccc2N1. The summed E-state index contributed by atoms with van der Waals surface area (Å²) in [6.45, 7) is 2.58. The van der Waals surface area contributed by atoms with Gasteiger partial charge in [0.25, 0.3) is 0 Å². The molecule has 31 heavy (non-hydrogen) atoms. The third-order valence-electron chi connectivity index (χ3n) is 6.84. The Morgan fingerprint density at radius 3 is 2.58 bits per heavy atom. The van der Waals surface area contributed by atoms with Crippen LogP contribution in [0.5, 0.6) is 0 Å². The van der Waals surface area contributed by atoms with Gasteiger partial charge in [-0.3, -0.25) is 9.59 Å². The van der Waals surface area contributed by atoms with Gasteiger partial charge in [-0.2, -0.15) is 0 Å². The highest BCUT2D eigenvalue weighted by Crippen LogP contribution is 2.35. The molecule has 2 aliphatic heterocycles. The Morgan fingerprint density at radius 2 is 1.74 bits per heavy atom. The van der Waals surface area contributed by atoms with E-state index in [1.165, 1.54) is 11.1 Å². The van der Waals surface area contributed by atoms with Crippen LogP contribution in [-0.2, 0) is 20.7 Å². The van der Waals surface area contributed by atoms with Crippen molar-refractivity contribution in [2.75, 3.05) is 25.1 Å². The van der Waals surface area contributed by atoms with Crippen molar-refractivity contribution < 1.29 is 14.3 Å². The van der Waals surface area contributed by atoms with Crippen molar-refractivity contribution in [3.05, 3.63) is 65.2 Å². The third kappa shape index (κ3) is 4.23. The number of ether oxygens (including phenoxy) is 1. The highest BCUT2D eigenvalue weighted by Gasteiger charge is 2.37. The lowest BCUT2D eigenvalue weighted by Crippen LogP contribution is -2.46. The van der Waals surface area contributed by atoms with Gasteiger partial charge >= 0.3 is 0 Å². The minimum Gasteiger partial charge on any atom is -0.381 e. The second-order valence-electron chi connectivity index (χ2n) is 8.85.